The number of halogens is 3. The summed E-state index contributed by atoms with van der Waals surface area (Å²) in [5.41, 5.74) is 0.250. The number of benzene rings is 1. The van der Waals surface area contributed by atoms with Crippen LogP contribution < -0.4 is 4.72 Å². The number of hydrogen-bond acceptors (Lipinski definition) is 3. The Hall–Kier alpha value is -1.37. The van der Waals surface area contributed by atoms with E-state index in [1.807, 2.05) is 0 Å². The summed E-state index contributed by atoms with van der Waals surface area (Å²) >= 11 is 11.2. The first-order valence-electron chi connectivity index (χ1n) is 4.98. The first kappa shape index (κ1) is 14.0. The van der Waals surface area contributed by atoms with Gasteiger partial charge in [-0.15, -0.1) is 0 Å². The molecule has 19 heavy (non-hydrogen) atoms. The van der Waals surface area contributed by atoms with E-state index in [-0.39, 0.29) is 20.8 Å². The van der Waals surface area contributed by atoms with Gasteiger partial charge in [-0.2, -0.15) is 0 Å². The van der Waals surface area contributed by atoms with Crippen molar-refractivity contribution in [3.63, 3.8) is 0 Å². The lowest BCUT2D eigenvalue weighted by atomic mass is 10.3. The zero-order valence-electron chi connectivity index (χ0n) is 9.27. The number of nitrogens with one attached hydrogen (secondary N) is 1. The van der Waals surface area contributed by atoms with Crippen molar-refractivity contribution in [2.24, 2.45) is 0 Å². The molecule has 8 heteroatoms. The third-order valence-corrected chi connectivity index (χ3v) is 4.06. The molecule has 0 aliphatic carbocycles. The second kappa shape index (κ2) is 5.32. The lowest BCUT2D eigenvalue weighted by Crippen LogP contribution is -2.13. The molecule has 1 heterocycles. The summed E-state index contributed by atoms with van der Waals surface area (Å²) in [4.78, 5) is 3.58. The van der Waals surface area contributed by atoms with E-state index in [1.165, 1.54) is 18.3 Å². The lowest BCUT2D eigenvalue weighted by Gasteiger charge is -2.08. The van der Waals surface area contributed by atoms with Crippen molar-refractivity contribution in [3.8, 4) is 0 Å². The van der Waals surface area contributed by atoms with E-state index >= 15 is 0 Å². The number of hydrogen-bond donors (Lipinski definition) is 1. The van der Waals surface area contributed by atoms with Crippen molar-refractivity contribution in [2.45, 2.75) is 4.90 Å². The molecule has 4 nitrogen and oxygen atoms in total. The van der Waals surface area contributed by atoms with Crippen molar-refractivity contribution in [2.75, 3.05) is 4.72 Å². The molecule has 0 aliphatic heterocycles. The van der Waals surface area contributed by atoms with Crippen LogP contribution >= 0.6 is 23.2 Å². The number of anilines is 1. The fraction of sp³-hybridized carbons (Fsp3) is 0. The van der Waals surface area contributed by atoms with Gasteiger partial charge in [0, 0.05) is 6.20 Å². The van der Waals surface area contributed by atoms with E-state index < -0.39 is 15.8 Å². The molecule has 0 aliphatic rings. The normalized spacial score (nSPS) is 11.3. The van der Waals surface area contributed by atoms with Gasteiger partial charge in [0.1, 0.15) is 11.0 Å². The van der Waals surface area contributed by atoms with E-state index in [0.29, 0.717) is 0 Å². The van der Waals surface area contributed by atoms with E-state index in [2.05, 4.69) is 9.71 Å². The van der Waals surface area contributed by atoms with Gasteiger partial charge in [0.25, 0.3) is 10.0 Å². The summed E-state index contributed by atoms with van der Waals surface area (Å²) in [6.07, 6.45) is 1.36. The number of sulfonamides is 1. The van der Waals surface area contributed by atoms with Crippen LogP contribution in [0.3, 0.4) is 0 Å². The Balaban J connectivity index is 2.35. The van der Waals surface area contributed by atoms with Gasteiger partial charge in [-0.3, -0.25) is 4.72 Å². The number of nitrogens with zero attached hydrogens (tertiary/aromatic N) is 1. The molecule has 1 aromatic heterocycles. The maximum absolute atomic E-state index is 13.0. The molecule has 0 saturated carbocycles. The highest BCUT2D eigenvalue weighted by molar-refractivity contribution is 7.92. The van der Waals surface area contributed by atoms with Crippen LogP contribution in [0.1, 0.15) is 0 Å². The van der Waals surface area contributed by atoms with E-state index in [0.717, 1.165) is 18.2 Å². The lowest BCUT2D eigenvalue weighted by molar-refractivity contribution is 0.599. The highest BCUT2D eigenvalue weighted by atomic mass is 35.5. The molecule has 1 aromatic carbocycles. The van der Waals surface area contributed by atoms with Crippen molar-refractivity contribution in [3.05, 3.63) is 52.5 Å². The topological polar surface area (TPSA) is 59.1 Å². The number of pyridine rings is 1. The molecule has 0 spiro atoms. The van der Waals surface area contributed by atoms with E-state index in [9.17, 15) is 12.8 Å². The quantitative estimate of drug-likeness (QED) is 0.882. The molecular weight excluding hydrogens is 314 g/mol. The Labute approximate surface area is 119 Å². The van der Waals surface area contributed by atoms with Crippen molar-refractivity contribution in [1.82, 2.24) is 4.98 Å². The first-order valence-corrected chi connectivity index (χ1v) is 7.22. The van der Waals surface area contributed by atoms with Crippen LogP contribution in [-0.4, -0.2) is 13.4 Å². The Morgan fingerprint density at radius 1 is 1.16 bits per heavy atom. The molecule has 0 fully saturated rings. The number of rotatable bonds is 3. The summed E-state index contributed by atoms with van der Waals surface area (Å²) in [6, 6.07) is 5.92. The Morgan fingerprint density at radius 2 is 1.89 bits per heavy atom. The Bertz CT molecular complexity index is 722. The second-order valence-electron chi connectivity index (χ2n) is 3.55. The molecule has 2 rings (SSSR count). The van der Waals surface area contributed by atoms with Crippen LogP contribution in [0.2, 0.25) is 10.2 Å². The second-order valence-corrected chi connectivity index (χ2v) is 6.03. The van der Waals surface area contributed by atoms with Gasteiger partial charge in [0.05, 0.1) is 15.6 Å². The summed E-state index contributed by atoms with van der Waals surface area (Å²) in [7, 11) is -3.86. The molecule has 1 N–H and O–H groups in total. The minimum Gasteiger partial charge on any atom is -0.279 e. The smallest absolute Gasteiger partial charge is 0.261 e. The average molecular weight is 321 g/mol. The fourth-order valence-corrected chi connectivity index (χ4v) is 2.82. The van der Waals surface area contributed by atoms with Crippen LogP contribution in [0.4, 0.5) is 10.1 Å². The van der Waals surface area contributed by atoms with E-state index in [4.69, 9.17) is 23.2 Å². The predicted molar refractivity (Wildman–Crippen MR) is 71.5 cm³/mol. The predicted octanol–water partition coefficient (Wildman–Crippen LogP) is 3.33. The summed E-state index contributed by atoms with van der Waals surface area (Å²) in [5, 5.41) is -0.118. The van der Waals surface area contributed by atoms with Crippen LogP contribution in [0, 0.1) is 5.82 Å². The molecule has 0 radical (unpaired) electrons. The van der Waals surface area contributed by atoms with Gasteiger partial charge >= 0.3 is 0 Å². The van der Waals surface area contributed by atoms with E-state index in [1.54, 1.807) is 0 Å². The minimum absolute atomic E-state index is 0.146. The molecule has 0 saturated heterocycles. The molecule has 0 unspecified atom stereocenters. The number of aromatic nitrogens is 1. The Morgan fingerprint density at radius 3 is 2.53 bits per heavy atom. The Kier molecular flexibility index (Phi) is 3.93. The SMILES string of the molecule is O=S(=O)(Nc1ccnc(Cl)c1)c1ccc(F)c(Cl)c1. The highest BCUT2D eigenvalue weighted by Crippen LogP contribution is 2.22. The standard InChI is InChI=1S/C11H7Cl2FN2O2S/c12-9-6-8(1-2-10(9)14)19(17,18)16-7-3-4-15-11(13)5-7/h1-6H,(H,15,16). The monoisotopic (exact) mass is 320 g/mol. The molecule has 0 amide bonds. The van der Waals surface area contributed by atoms with Crippen molar-refractivity contribution < 1.29 is 12.8 Å². The van der Waals surface area contributed by atoms with Crippen LogP contribution in [0.15, 0.2) is 41.4 Å². The zero-order chi connectivity index (χ0) is 14.0. The van der Waals surface area contributed by atoms with Crippen molar-refractivity contribution in [1.29, 1.82) is 0 Å². The third-order valence-electron chi connectivity index (χ3n) is 2.18. The highest BCUT2D eigenvalue weighted by Gasteiger charge is 2.16. The third kappa shape index (κ3) is 3.34. The zero-order valence-corrected chi connectivity index (χ0v) is 11.6. The largest absolute Gasteiger partial charge is 0.279 e. The molecule has 0 bridgehead atoms. The maximum Gasteiger partial charge on any atom is 0.261 e. The van der Waals surface area contributed by atoms with Gasteiger partial charge in [-0.25, -0.2) is 17.8 Å². The van der Waals surface area contributed by atoms with Crippen LogP contribution in [0.25, 0.3) is 0 Å². The van der Waals surface area contributed by atoms with Gasteiger partial charge in [-0.05, 0) is 30.3 Å². The van der Waals surface area contributed by atoms with Crippen LogP contribution in [0.5, 0.6) is 0 Å². The summed E-state index contributed by atoms with van der Waals surface area (Å²) in [5.74, 6) is -0.687. The maximum atomic E-state index is 13.0. The fourth-order valence-electron chi connectivity index (χ4n) is 1.32. The molecule has 100 valence electrons. The summed E-state index contributed by atoms with van der Waals surface area (Å²) < 4.78 is 39.3. The van der Waals surface area contributed by atoms with Gasteiger partial charge in [0.2, 0.25) is 0 Å². The van der Waals surface area contributed by atoms with Crippen molar-refractivity contribution >= 4 is 38.9 Å². The minimum atomic E-state index is -3.86. The molecule has 0 atom stereocenters. The molecular formula is C11H7Cl2FN2O2S. The van der Waals surface area contributed by atoms with Crippen LogP contribution in [-0.2, 0) is 10.0 Å². The molecule has 2 aromatic rings. The van der Waals surface area contributed by atoms with Gasteiger partial charge in [0.15, 0.2) is 0 Å². The van der Waals surface area contributed by atoms with Gasteiger partial charge < -0.3 is 0 Å². The first-order chi connectivity index (χ1) is 8.88. The average Bonchev–Trinajstić information content (AvgIpc) is 2.32. The van der Waals surface area contributed by atoms with Gasteiger partial charge in [-0.1, -0.05) is 23.2 Å². The summed E-state index contributed by atoms with van der Waals surface area (Å²) in [6.45, 7) is 0.